The lowest BCUT2D eigenvalue weighted by Gasteiger charge is -2.15. The summed E-state index contributed by atoms with van der Waals surface area (Å²) >= 11 is 6.54. The number of ether oxygens (including phenoxy) is 1. The number of aliphatic hydroxyl groups excluding tert-OH is 1. The molecule has 0 amide bonds. The van der Waals surface area contributed by atoms with Crippen LogP contribution in [0.2, 0.25) is 0 Å². The van der Waals surface area contributed by atoms with Gasteiger partial charge in [0, 0.05) is 5.56 Å². The fraction of sp³-hybridized carbons (Fsp3) is 0.250. The molecule has 0 radical (unpaired) electrons. The summed E-state index contributed by atoms with van der Waals surface area (Å²) in [6, 6.07) is 10.1. The molecule has 0 aliphatic rings. The highest BCUT2D eigenvalue weighted by Gasteiger charge is 2.17. The van der Waals surface area contributed by atoms with Crippen molar-refractivity contribution in [1.29, 1.82) is 0 Å². The molecule has 0 heterocycles. The second kappa shape index (κ2) is 7.38. The minimum Gasteiger partial charge on any atom is -0.492 e. The minimum absolute atomic E-state index is 0.235. The summed E-state index contributed by atoms with van der Waals surface area (Å²) in [6.07, 6.45) is -0.112. The summed E-state index contributed by atoms with van der Waals surface area (Å²) in [5.41, 5.74) is 0.834. The van der Waals surface area contributed by atoms with Gasteiger partial charge >= 0.3 is 0 Å². The van der Waals surface area contributed by atoms with Crippen LogP contribution in [0.25, 0.3) is 0 Å². The molecule has 0 aliphatic carbocycles. The maximum absolute atomic E-state index is 14.0. The highest BCUT2D eigenvalue weighted by molar-refractivity contribution is 9.10. The van der Waals surface area contributed by atoms with Crippen LogP contribution in [0.1, 0.15) is 30.6 Å². The van der Waals surface area contributed by atoms with Gasteiger partial charge in [-0.1, -0.05) is 25.1 Å². The fourth-order valence-electron chi connectivity index (χ4n) is 1.93. The van der Waals surface area contributed by atoms with E-state index in [1.54, 1.807) is 36.4 Å². The summed E-state index contributed by atoms with van der Waals surface area (Å²) < 4.78 is 20.7. The van der Waals surface area contributed by atoms with Crippen molar-refractivity contribution >= 4 is 31.9 Å². The lowest BCUT2D eigenvalue weighted by Crippen LogP contribution is -2.04. The van der Waals surface area contributed by atoms with E-state index < -0.39 is 11.9 Å². The average Bonchev–Trinajstić information content (AvgIpc) is 2.48. The molecule has 1 N–H and O–H groups in total. The Morgan fingerprint density at radius 2 is 1.95 bits per heavy atom. The molecule has 1 unspecified atom stereocenters. The average molecular weight is 418 g/mol. The summed E-state index contributed by atoms with van der Waals surface area (Å²) in [4.78, 5) is 0. The molecule has 0 saturated carbocycles. The Hall–Kier alpha value is -0.910. The molecule has 0 aliphatic heterocycles. The largest absolute Gasteiger partial charge is 0.492 e. The third-order valence-electron chi connectivity index (χ3n) is 3.01. The van der Waals surface area contributed by atoms with Crippen LogP contribution >= 0.6 is 31.9 Å². The Morgan fingerprint density at radius 3 is 2.62 bits per heavy atom. The standard InChI is InChI=1S/C16H15Br2FO2/c1-2-8-21-14-7-6-10(9-13(14)18)16(20)11-4-3-5-12(17)15(11)19/h3-7,9,16,20H,2,8H2,1H3. The molecule has 0 fully saturated rings. The van der Waals surface area contributed by atoms with Crippen molar-refractivity contribution in [2.24, 2.45) is 0 Å². The molecule has 0 saturated heterocycles. The van der Waals surface area contributed by atoms with E-state index in [0.29, 0.717) is 22.4 Å². The van der Waals surface area contributed by atoms with Crippen molar-refractivity contribution in [3.63, 3.8) is 0 Å². The Kier molecular flexibility index (Phi) is 5.79. The van der Waals surface area contributed by atoms with Crippen LogP contribution < -0.4 is 4.74 Å². The third kappa shape index (κ3) is 3.84. The van der Waals surface area contributed by atoms with Crippen molar-refractivity contribution in [2.45, 2.75) is 19.4 Å². The summed E-state index contributed by atoms with van der Waals surface area (Å²) in [7, 11) is 0. The predicted molar refractivity (Wildman–Crippen MR) is 88.1 cm³/mol. The van der Waals surface area contributed by atoms with E-state index in [4.69, 9.17) is 4.74 Å². The van der Waals surface area contributed by atoms with Crippen LogP contribution in [0.3, 0.4) is 0 Å². The Morgan fingerprint density at radius 1 is 1.19 bits per heavy atom. The van der Waals surface area contributed by atoms with Gasteiger partial charge in [0.15, 0.2) is 0 Å². The SMILES string of the molecule is CCCOc1ccc(C(O)c2cccc(Br)c2F)cc1Br. The van der Waals surface area contributed by atoms with E-state index in [1.165, 1.54) is 0 Å². The van der Waals surface area contributed by atoms with E-state index in [9.17, 15) is 9.50 Å². The van der Waals surface area contributed by atoms with Gasteiger partial charge in [0.05, 0.1) is 15.6 Å². The molecule has 2 nitrogen and oxygen atoms in total. The Bertz CT molecular complexity index is 632. The van der Waals surface area contributed by atoms with Crippen LogP contribution in [0, 0.1) is 5.82 Å². The molecule has 2 rings (SSSR count). The van der Waals surface area contributed by atoms with Crippen molar-refractivity contribution in [3.05, 3.63) is 62.3 Å². The van der Waals surface area contributed by atoms with Gasteiger partial charge in [0.2, 0.25) is 0 Å². The van der Waals surface area contributed by atoms with Gasteiger partial charge in [-0.25, -0.2) is 4.39 Å². The molecule has 112 valence electrons. The zero-order valence-corrected chi connectivity index (χ0v) is 14.6. The third-order valence-corrected chi connectivity index (χ3v) is 4.24. The monoisotopic (exact) mass is 416 g/mol. The van der Waals surface area contributed by atoms with Crippen molar-refractivity contribution in [3.8, 4) is 5.75 Å². The number of hydrogen-bond acceptors (Lipinski definition) is 2. The van der Waals surface area contributed by atoms with Gasteiger partial charge in [0.25, 0.3) is 0 Å². The Labute approximate surface area is 140 Å². The van der Waals surface area contributed by atoms with Crippen LogP contribution in [0.4, 0.5) is 4.39 Å². The van der Waals surface area contributed by atoms with Gasteiger partial charge in [-0.05, 0) is 62.0 Å². The zero-order valence-electron chi connectivity index (χ0n) is 11.4. The number of halogens is 3. The minimum atomic E-state index is -1.03. The molecule has 0 aromatic heterocycles. The second-order valence-electron chi connectivity index (χ2n) is 4.58. The lowest BCUT2D eigenvalue weighted by atomic mass is 10.0. The topological polar surface area (TPSA) is 29.5 Å². The van der Waals surface area contributed by atoms with Gasteiger partial charge in [0.1, 0.15) is 17.7 Å². The molecule has 21 heavy (non-hydrogen) atoms. The molecule has 0 bridgehead atoms. The molecular formula is C16H15Br2FO2. The quantitative estimate of drug-likeness (QED) is 0.722. The highest BCUT2D eigenvalue weighted by Crippen LogP contribution is 2.33. The molecule has 2 aromatic carbocycles. The van der Waals surface area contributed by atoms with Gasteiger partial charge in [-0.15, -0.1) is 0 Å². The van der Waals surface area contributed by atoms with Crippen LogP contribution in [-0.4, -0.2) is 11.7 Å². The summed E-state index contributed by atoms with van der Waals surface area (Å²) in [6.45, 7) is 2.66. The number of aliphatic hydroxyl groups is 1. The Balaban J connectivity index is 2.29. The number of benzene rings is 2. The smallest absolute Gasteiger partial charge is 0.143 e. The van der Waals surface area contributed by atoms with E-state index in [-0.39, 0.29) is 5.56 Å². The number of rotatable bonds is 5. The molecule has 1 atom stereocenters. The van der Waals surface area contributed by atoms with E-state index in [2.05, 4.69) is 31.9 Å². The van der Waals surface area contributed by atoms with Gasteiger partial charge in [-0.3, -0.25) is 0 Å². The molecule has 2 aromatic rings. The molecular weight excluding hydrogens is 403 g/mol. The first kappa shape index (κ1) is 16.5. The van der Waals surface area contributed by atoms with Crippen molar-refractivity contribution < 1.29 is 14.2 Å². The maximum Gasteiger partial charge on any atom is 0.143 e. The summed E-state index contributed by atoms with van der Waals surface area (Å²) in [5.74, 6) is 0.259. The van der Waals surface area contributed by atoms with E-state index in [1.807, 2.05) is 6.92 Å². The van der Waals surface area contributed by atoms with Crippen molar-refractivity contribution in [2.75, 3.05) is 6.61 Å². The van der Waals surface area contributed by atoms with Crippen LogP contribution in [0.15, 0.2) is 45.3 Å². The first-order valence-electron chi connectivity index (χ1n) is 6.58. The molecule has 5 heteroatoms. The maximum atomic E-state index is 14.0. The lowest BCUT2D eigenvalue weighted by molar-refractivity contribution is 0.214. The fourth-order valence-corrected chi connectivity index (χ4v) is 2.82. The predicted octanol–water partition coefficient (Wildman–Crippen LogP) is 5.22. The zero-order chi connectivity index (χ0) is 15.4. The van der Waals surface area contributed by atoms with Crippen LogP contribution in [0.5, 0.6) is 5.75 Å². The van der Waals surface area contributed by atoms with Gasteiger partial charge in [-0.2, -0.15) is 0 Å². The first-order chi connectivity index (χ1) is 10.0. The summed E-state index contributed by atoms with van der Waals surface area (Å²) in [5, 5.41) is 10.4. The van der Waals surface area contributed by atoms with Gasteiger partial charge < -0.3 is 9.84 Å². The normalized spacial score (nSPS) is 12.2. The first-order valence-corrected chi connectivity index (χ1v) is 8.17. The molecule has 0 spiro atoms. The van der Waals surface area contributed by atoms with Crippen molar-refractivity contribution in [1.82, 2.24) is 0 Å². The van der Waals surface area contributed by atoms with E-state index in [0.717, 1.165) is 10.9 Å². The van der Waals surface area contributed by atoms with Crippen LogP contribution in [-0.2, 0) is 0 Å². The number of hydrogen-bond donors (Lipinski definition) is 1. The highest BCUT2D eigenvalue weighted by atomic mass is 79.9. The van der Waals surface area contributed by atoms with E-state index >= 15 is 0 Å². The second-order valence-corrected chi connectivity index (χ2v) is 6.29.